The van der Waals surface area contributed by atoms with Gasteiger partial charge in [-0.2, -0.15) is 4.31 Å². The van der Waals surface area contributed by atoms with Crippen LogP contribution >= 0.6 is 0 Å². The molecule has 0 radical (unpaired) electrons. The van der Waals surface area contributed by atoms with Crippen LogP contribution in [0, 0.1) is 0 Å². The van der Waals surface area contributed by atoms with Crippen LogP contribution in [0.25, 0.3) is 0 Å². The zero-order chi connectivity index (χ0) is 21.6. The fourth-order valence-electron chi connectivity index (χ4n) is 4.81. The van der Waals surface area contributed by atoms with E-state index < -0.39 is 10.0 Å². The zero-order valence-electron chi connectivity index (χ0n) is 18.2. The van der Waals surface area contributed by atoms with Gasteiger partial charge in [-0.3, -0.25) is 0 Å². The van der Waals surface area contributed by atoms with Crippen LogP contribution in [0.1, 0.15) is 57.7 Å². The van der Waals surface area contributed by atoms with E-state index in [1.165, 1.54) is 11.3 Å². The molecule has 2 N–H and O–H groups in total. The monoisotopic (exact) mass is 448 g/mol. The molecule has 2 aliphatic heterocycles. The van der Waals surface area contributed by atoms with Crippen molar-refractivity contribution in [1.82, 2.24) is 25.1 Å². The molecule has 0 spiro atoms. The topological polar surface area (TPSA) is 99.7 Å². The molecule has 0 bridgehead atoms. The summed E-state index contributed by atoms with van der Waals surface area (Å²) in [7, 11) is -3.11. The van der Waals surface area contributed by atoms with Crippen LogP contribution < -0.4 is 15.8 Å². The molecule has 4 aliphatic rings. The summed E-state index contributed by atoms with van der Waals surface area (Å²) in [6, 6.07) is 2.04. The van der Waals surface area contributed by atoms with Crippen molar-refractivity contribution in [3.05, 3.63) is 29.4 Å². The summed E-state index contributed by atoms with van der Waals surface area (Å²) >= 11 is 0. The number of hydrogen-bond donors (Lipinski definition) is 2. The van der Waals surface area contributed by atoms with Gasteiger partial charge >= 0.3 is 0 Å². The maximum absolute atomic E-state index is 12.5. The molecule has 0 amide bonds. The van der Waals surface area contributed by atoms with Gasteiger partial charge in [0.15, 0.2) is 0 Å². The number of hydrazine groups is 1. The highest BCUT2D eigenvalue weighted by Crippen LogP contribution is 2.37. The van der Waals surface area contributed by atoms with Crippen molar-refractivity contribution in [3.8, 4) is 0 Å². The molecule has 31 heavy (non-hydrogen) atoms. The van der Waals surface area contributed by atoms with E-state index in [4.69, 9.17) is 4.74 Å². The first-order valence-corrected chi connectivity index (χ1v) is 12.9. The minimum atomic E-state index is -3.11. The summed E-state index contributed by atoms with van der Waals surface area (Å²) in [5, 5.41) is -0.146. The molecule has 3 heterocycles. The number of nitrogens with one attached hydrogen (secondary N) is 2. The summed E-state index contributed by atoms with van der Waals surface area (Å²) in [6.07, 6.45) is 6.60. The number of anilines is 1. The molecule has 2 aliphatic carbocycles. The Hall–Kier alpha value is -1.75. The van der Waals surface area contributed by atoms with Gasteiger partial charge in [0.05, 0.1) is 29.2 Å². The summed E-state index contributed by atoms with van der Waals surface area (Å²) in [5.41, 5.74) is 10.2. The number of sulfonamides is 1. The number of allylic oxidation sites excluding steroid dienone is 1. The molecule has 0 aromatic carbocycles. The molecule has 10 heteroatoms. The smallest absolute Gasteiger partial charge is 0.217 e. The molecule has 1 aromatic rings. The number of aromatic nitrogens is 2. The van der Waals surface area contributed by atoms with E-state index in [-0.39, 0.29) is 23.5 Å². The second-order valence-electron chi connectivity index (χ2n) is 9.19. The lowest BCUT2D eigenvalue weighted by Crippen LogP contribution is -2.49. The van der Waals surface area contributed by atoms with Crippen molar-refractivity contribution in [3.63, 3.8) is 0 Å². The maximum Gasteiger partial charge on any atom is 0.217 e. The quantitative estimate of drug-likeness (QED) is 0.675. The Balaban J connectivity index is 1.27. The zero-order valence-corrected chi connectivity index (χ0v) is 19.1. The van der Waals surface area contributed by atoms with Crippen LogP contribution in [-0.4, -0.2) is 66.3 Å². The minimum absolute atomic E-state index is 0.00634. The average molecular weight is 449 g/mol. The Kier molecular flexibility index (Phi) is 5.66. The van der Waals surface area contributed by atoms with E-state index in [2.05, 4.69) is 39.6 Å². The van der Waals surface area contributed by atoms with Crippen LogP contribution in [0.15, 0.2) is 23.7 Å². The largest absolute Gasteiger partial charge is 0.375 e. The van der Waals surface area contributed by atoms with E-state index in [0.717, 1.165) is 43.6 Å². The lowest BCUT2D eigenvalue weighted by molar-refractivity contribution is 0.000516. The predicted octanol–water partition coefficient (Wildman–Crippen LogP) is 1.47. The fraction of sp³-hybridized carbons (Fsp3) is 0.714. The predicted molar refractivity (Wildman–Crippen MR) is 118 cm³/mol. The van der Waals surface area contributed by atoms with Gasteiger partial charge in [-0.15, -0.1) is 0 Å². The van der Waals surface area contributed by atoms with Crippen molar-refractivity contribution in [2.45, 2.75) is 69.5 Å². The van der Waals surface area contributed by atoms with Gasteiger partial charge in [0.25, 0.3) is 0 Å². The third kappa shape index (κ3) is 4.30. The lowest BCUT2D eigenvalue weighted by Gasteiger charge is -2.35. The molecule has 2 atom stereocenters. The second-order valence-corrected chi connectivity index (χ2v) is 11.4. The van der Waals surface area contributed by atoms with Crippen molar-refractivity contribution < 1.29 is 13.2 Å². The Morgan fingerprint density at radius 3 is 2.61 bits per heavy atom. The van der Waals surface area contributed by atoms with Crippen LogP contribution in [-0.2, 0) is 14.8 Å². The summed E-state index contributed by atoms with van der Waals surface area (Å²) in [6.45, 7) is 6.50. The molecule has 5 rings (SSSR count). The van der Waals surface area contributed by atoms with Gasteiger partial charge in [0.1, 0.15) is 12.1 Å². The first-order chi connectivity index (χ1) is 14.9. The van der Waals surface area contributed by atoms with E-state index in [1.54, 1.807) is 10.6 Å². The molecule has 170 valence electrons. The molecule has 1 saturated carbocycles. The van der Waals surface area contributed by atoms with Crippen molar-refractivity contribution in [1.29, 1.82) is 0 Å². The van der Waals surface area contributed by atoms with E-state index in [0.29, 0.717) is 26.2 Å². The molecule has 1 saturated heterocycles. The van der Waals surface area contributed by atoms with Crippen LogP contribution in [0.3, 0.4) is 0 Å². The van der Waals surface area contributed by atoms with Gasteiger partial charge in [0, 0.05) is 37.9 Å². The van der Waals surface area contributed by atoms with Crippen LogP contribution in [0.2, 0.25) is 0 Å². The molecule has 9 nitrogen and oxygen atoms in total. The van der Waals surface area contributed by atoms with Gasteiger partial charge < -0.3 is 15.1 Å². The van der Waals surface area contributed by atoms with Gasteiger partial charge in [-0.25, -0.2) is 23.8 Å². The molecule has 1 unspecified atom stereocenters. The van der Waals surface area contributed by atoms with Crippen LogP contribution in [0.5, 0.6) is 0 Å². The third-order valence-electron chi connectivity index (χ3n) is 6.57. The summed E-state index contributed by atoms with van der Waals surface area (Å²) < 4.78 is 32.7. The summed E-state index contributed by atoms with van der Waals surface area (Å²) in [5.74, 6) is 0.857. The Labute approximate surface area is 184 Å². The van der Waals surface area contributed by atoms with E-state index in [1.807, 2.05) is 6.07 Å². The SMILES string of the molecule is CC(C)O[C@H]1CCC2=C(C1)C(c1cc(N3CCN(S(=O)(=O)C4CC4)CC3)ncn1)NN2. The Morgan fingerprint density at radius 1 is 1.13 bits per heavy atom. The lowest BCUT2D eigenvalue weighted by atomic mass is 9.89. The Bertz CT molecular complexity index is 954. The van der Waals surface area contributed by atoms with Crippen molar-refractivity contribution in [2.24, 2.45) is 0 Å². The van der Waals surface area contributed by atoms with Crippen LogP contribution in [0.4, 0.5) is 5.82 Å². The fourth-order valence-corrected chi connectivity index (χ4v) is 6.64. The highest BCUT2D eigenvalue weighted by atomic mass is 32.2. The van der Waals surface area contributed by atoms with Crippen molar-refractivity contribution in [2.75, 3.05) is 31.1 Å². The van der Waals surface area contributed by atoms with Crippen molar-refractivity contribution >= 4 is 15.8 Å². The first kappa shape index (κ1) is 21.1. The number of piperazine rings is 1. The van der Waals surface area contributed by atoms with Gasteiger partial charge in [0.2, 0.25) is 10.0 Å². The maximum atomic E-state index is 12.5. The molecular weight excluding hydrogens is 416 g/mol. The second kappa shape index (κ2) is 8.31. The van der Waals surface area contributed by atoms with E-state index in [9.17, 15) is 8.42 Å². The Morgan fingerprint density at radius 2 is 1.90 bits per heavy atom. The molecular formula is C21H32N6O3S. The number of ether oxygens (including phenoxy) is 1. The highest BCUT2D eigenvalue weighted by molar-refractivity contribution is 7.90. The molecule has 2 fully saturated rings. The number of hydrogen-bond acceptors (Lipinski definition) is 8. The summed E-state index contributed by atoms with van der Waals surface area (Å²) in [4.78, 5) is 11.2. The normalized spacial score (nSPS) is 27.5. The minimum Gasteiger partial charge on any atom is -0.375 e. The average Bonchev–Trinajstić information content (AvgIpc) is 3.55. The standard InChI is InChI=1S/C21H32N6O3S/c1-14(2)30-15-3-6-18-17(11-15)21(25-24-18)19-12-20(23-13-22-19)26-7-9-27(10-8-26)31(28,29)16-4-5-16/h12-16,21,24-25H,3-11H2,1-2H3/t15-,21?/m0/s1. The highest BCUT2D eigenvalue weighted by Gasteiger charge is 2.41. The third-order valence-corrected chi connectivity index (χ3v) is 8.97. The van der Waals surface area contributed by atoms with Gasteiger partial charge in [-0.05, 0) is 51.5 Å². The van der Waals surface area contributed by atoms with E-state index >= 15 is 0 Å². The molecule has 1 aromatic heterocycles. The van der Waals surface area contributed by atoms with Gasteiger partial charge in [-0.1, -0.05) is 0 Å². The number of nitrogens with zero attached hydrogens (tertiary/aromatic N) is 4. The number of rotatable bonds is 6. The first-order valence-electron chi connectivity index (χ1n) is 11.4.